The van der Waals surface area contributed by atoms with E-state index in [2.05, 4.69) is 5.32 Å². The molecule has 0 saturated carbocycles. The lowest BCUT2D eigenvalue weighted by atomic mass is 9.99. The second-order valence-corrected chi connectivity index (χ2v) is 3.79. The van der Waals surface area contributed by atoms with Gasteiger partial charge in [0.1, 0.15) is 5.54 Å². The van der Waals surface area contributed by atoms with Crippen molar-refractivity contribution in [3.63, 3.8) is 0 Å². The van der Waals surface area contributed by atoms with Crippen molar-refractivity contribution >= 4 is 5.97 Å². The van der Waals surface area contributed by atoms with Crippen LogP contribution in [0, 0.1) is 0 Å². The van der Waals surface area contributed by atoms with Gasteiger partial charge in [0.05, 0.1) is 6.61 Å². The van der Waals surface area contributed by atoms with Gasteiger partial charge in [0.2, 0.25) is 0 Å². The molecule has 82 valence electrons. The highest BCUT2D eigenvalue weighted by atomic mass is 16.5. The van der Waals surface area contributed by atoms with E-state index in [9.17, 15) is 4.79 Å². The Bertz CT molecular complexity index is 210. The molecule has 1 unspecified atom stereocenters. The Hall–Kier alpha value is -0.650. The van der Waals surface area contributed by atoms with Crippen LogP contribution >= 0.6 is 0 Å². The lowest BCUT2D eigenvalue weighted by Gasteiger charge is -2.25. The second kappa shape index (κ2) is 4.72. The van der Waals surface area contributed by atoms with Crippen molar-refractivity contribution in [1.29, 1.82) is 0 Å². The zero-order valence-corrected chi connectivity index (χ0v) is 8.75. The Balaban J connectivity index is 2.50. The number of methoxy groups -OCH3 is 1. The summed E-state index contributed by atoms with van der Waals surface area (Å²) in [6, 6.07) is 0. The summed E-state index contributed by atoms with van der Waals surface area (Å²) in [4.78, 5) is 13.2. The van der Waals surface area contributed by atoms with Gasteiger partial charge in [-0.25, -0.2) is 0 Å². The number of nitrogens with one attached hydrogen (secondary N) is 1. The van der Waals surface area contributed by atoms with E-state index < -0.39 is 11.5 Å². The molecule has 0 spiro atoms. The van der Waals surface area contributed by atoms with Gasteiger partial charge in [-0.05, 0) is 13.5 Å². The minimum atomic E-state index is -0.771. The summed E-state index contributed by atoms with van der Waals surface area (Å²) in [5.74, 6) is -0.766. The van der Waals surface area contributed by atoms with Crippen LogP contribution in [-0.2, 0) is 9.53 Å². The van der Waals surface area contributed by atoms with Crippen molar-refractivity contribution in [2.45, 2.75) is 12.0 Å². The molecular weight excluding hydrogens is 184 g/mol. The van der Waals surface area contributed by atoms with E-state index in [4.69, 9.17) is 9.84 Å². The Morgan fingerprint density at radius 1 is 1.71 bits per heavy atom. The molecule has 1 rings (SSSR count). The predicted octanol–water partition coefficient (Wildman–Crippen LogP) is -0.619. The first-order valence-corrected chi connectivity index (χ1v) is 4.76. The van der Waals surface area contributed by atoms with Crippen LogP contribution < -0.4 is 5.32 Å². The Morgan fingerprint density at radius 2 is 2.43 bits per heavy atom. The van der Waals surface area contributed by atoms with Crippen molar-refractivity contribution < 1.29 is 14.6 Å². The number of hydrogen-bond donors (Lipinski definition) is 2. The maximum Gasteiger partial charge on any atom is 0.325 e. The number of aliphatic carboxylic acids is 1. The first-order valence-electron chi connectivity index (χ1n) is 4.76. The Morgan fingerprint density at radius 3 is 2.86 bits per heavy atom. The number of carboxylic acid groups (broad SMARTS) is 1. The highest BCUT2D eigenvalue weighted by Crippen LogP contribution is 2.20. The SMILES string of the molecule is COCCNC1(C(=O)O)CCN(C)C1. The average molecular weight is 202 g/mol. The van der Waals surface area contributed by atoms with Gasteiger partial charge in [-0.15, -0.1) is 0 Å². The number of hydrogen-bond acceptors (Lipinski definition) is 4. The van der Waals surface area contributed by atoms with Gasteiger partial charge < -0.3 is 14.7 Å². The standard InChI is InChI=1S/C9H18N2O3/c1-11-5-3-9(7-11,8(12)13)10-4-6-14-2/h10H,3-7H2,1-2H3,(H,12,13). The number of nitrogens with zero attached hydrogens (tertiary/aromatic N) is 1. The number of carbonyl (C=O) groups is 1. The summed E-state index contributed by atoms with van der Waals surface area (Å²) in [6.45, 7) is 2.51. The molecule has 1 heterocycles. The third-order valence-electron chi connectivity index (χ3n) is 2.64. The normalized spacial score (nSPS) is 28.1. The van der Waals surface area contributed by atoms with Gasteiger partial charge in [-0.2, -0.15) is 0 Å². The van der Waals surface area contributed by atoms with Crippen LogP contribution in [0.2, 0.25) is 0 Å². The molecule has 0 radical (unpaired) electrons. The van der Waals surface area contributed by atoms with Gasteiger partial charge in [-0.3, -0.25) is 10.1 Å². The molecule has 0 aromatic rings. The van der Waals surface area contributed by atoms with Crippen molar-refractivity contribution in [2.75, 3.05) is 40.4 Å². The molecule has 0 aromatic carbocycles. The van der Waals surface area contributed by atoms with E-state index in [0.717, 1.165) is 6.54 Å². The average Bonchev–Trinajstić information content (AvgIpc) is 2.49. The first-order chi connectivity index (χ1) is 6.60. The lowest BCUT2D eigenvalue weighted by Crippen LogP contribution is -2.54. The zero-order chi connectivity index (χ0) is 10.6. The van der Waals surface area contributed by atoms with E-state index >= 15 is 0 Å². The number of likely N-dealkylation sites (N-methyl/N-ethyl adjacent to an activating group) is 1. The summed E-state index contributed by atoms with van der Waals surface area (Å²) in [5, 5.41) is 12.2. The van der Waals surface area contributed by atoms with E-state index in [1.54, 1.807) is 7.11 Å². The monoisotopic (exact) mass is 202 g/mol. The van der Waals surface area contributed by atoms with Crippen LogP contribution in [0.15, 0.2) is 0 Å². The van der Waals surface area contributed by atoms with Crippen LogP contribution in [0.25, 0.3) is 0 Å². The van der Waals surface area contributed by atoms with E-state index in [0.29, 0.717) is 26.1 Å². The van der Waals surface area contributed by atoms with Crippen LogP contribution in [0.4, 0.5) is 0 Å². The smallest absolute Gasteiger partial charge is 0.325 e. The number of ether oxygens (including phenoxy) is 1. The van der Waals surface area contributed by atoms with Crippen molar-refractivity contribution in [2.24, 2.45) is 0 Å². The molecule has 5 heteroatoms. The summed E-state index contributed by atoms with van der Waals surface area (Å²) in [7, 11) is 3.54. The molecule has 0 aliphatic carbocycles. The van der Waals surface area contributed by atoms with E-state index in [-0.39, 0.29) is 0 Å². The fraction of sp³-hybridized carbons (Fsp3) is 0.889. The third kappa shape index (κ3) is 2.43. The van der Waals surface area contributed by atoms with Gasteiger partial charge >= 0.3 is 5.97 Å². The van der Waals surface area contributed by atoms with Gasteiger partial charge in [0.15, 0.2) is 0 Å². The summed E-state index contributed by atoms with van der Waals surface area (Å²) < 4.78 is 4.88. The molecule has 5 nitrogen and oxygen atoms in total. The number of carboxylic acids is 1. The molecule has 0 bridgehead atoms. The van der Waals surface area contributed by atoms with Gasteiger partial charge in [0.25, 0.3) is 0 Å². The van der Waals surface area contributed by atoms with E-state index in [1.807, 2.05) is 11.9 Å². The molecule has 14 heavy (non-hydrogen) atoms. The minimum Gasteiger partial charge on any atom is -0.480 e. The molecule has 0 amide bonds. The Labute approximate surface area is 84.0 Å². The maximum atomic E-state index is 11.1. The van der Waals surface area contributed by atoms with Crippen molar-refractivity contribution in [3.05, 3.63) is 0 Å². The molecule has 1 aliphatic rings. The Kier molecular flexibility index (Phi) is 3.86. The second-order valence-electron chi connectivity index (χ2n) is 3.79. The number of likely N-dealkylation sites (tertiary alicyclic amines) is 1. The summed E-state index contributed by atoms with van der Waals surface area (Å²) in [5.41, 5.74) is -0.771. The van der Waals surface area contributed by atoms with Crippen LogP contribution in [0.1, 0.15) is 6.42 Å². The van der Waals surface area contributed by atoms with Crippen LogP contribution in [0.5, 0.6) is 0 Å². The maximum absolute atomic E-state index is 11.1. The van der Waals surface area contributed by atoms with Crippen LogP contribution in [0.3, 0.4) is 0 Å². The molecule has 1 fully saturated rings. The summed E-state index contributed by atoms with van der Waals surface area (Å²) in [6.07, 6.45) is 0.655. The highest BCUT2D eigenvalue weighted by Gasteiger charge is 2.43. The predicted molar refractivity (Wildman–Crippen MR) is 52.4 cm³/mol. The highest BCUT2D eigenvalue weighted by molar-refractivity contribution is 5.79. The lowest BCUT2D eigenvalue weighted by molar-refractivity contribution is -0.144. The van der Waals surface area contributed by atoms with Crippen molar-refractivity contribution in [3.8, 4) is 0 Å². The number of rotatable bonds is 5. The first kappa shape index (κ1) is 11.4. The third-order valence-corrected chi connectivity index (χ3v) is 2.64. The fourth-order valence-electron chi connectivity index (χ4n) is 1.79. The quantitative estimate of drug-likeness (QED) is 0.582. The molecule has 1 atom stereocenters. The molecule has 0 aromatic heterocycles. The van der Waals surface area contributed by atoms with Crippen molar-refractivity contribution in [1.82, 2.24) is 10.2 Å². The van der Waals surface area contributed by atoms with Gasteiger partial charge in [-0.1, -0.05) is 0 Å². The van der Waals surface area contributed by atoms with E-state index in [1.165, 1.54) is 0 Å². The van der Waals surface area contributed by atoms with Gasteiger partial charge in [0, 0.05) is 26.7 Å². The van der Waals surface area contributed by atoms with Crippen LogP contribution in [-0.4, -0.2) is 61.9 Å². The minimum absolute atomic E-state index is 0.540. The molecule has 1 saturated heterocycles. The largest absolute Gasteiger partial charge is 0.480 e. The fourth-order valence-corrected chi connectivity index (χ4v) is 1.79. The summed E-state index contributed by atoms with van der Waals surface area (Å²) >= 11 is 0. The molecule has 2 N–H and O–H groups in total. The topological polar surface area (TPSA) is 61.8 Å². The molecule has 1 aliphatic heterocycles. The zero-order valence-electron chi connectivity index (χ0n) is 8.75. The molecular formula is C9H18N2O3.